The van der Waals surface area contributed by atoms with E-state index in [0.29, 0.717) is 24.5 Å². The molecule has 1 aliphatic carbocycles. The van der Waals surface area contributed by atoms with Gasteiger partial charge in [-0.25, -0.2) is 0 Å². The van der Waals surface area contributed by atoms with Crippen LogP contribution in [0.4, 0.5) is 0 Å². The van der Waals surface area contributed by atoms with Crippen LogP contribution < -0.4 is 11.1 Å². The van der Waals surface area contributed by atoms with Gasteiger partial charge in [-0.05, 0) is 31.6 Å². The van der Waals surface area contributed by atoms with Crippen molar-refractivity contribution in [1.82, 2.24) is 5.32 Å². The minimum Gasteiger partial charge on any atom is -0.396 e. The highest BCUT2D eigenvalue weighted by molar-refractivity contribution is 4.84. The number of aliphatic hydroxyl groups is 1. The van der Waals surface area contributed by atoms with Crippen molar-refractivity contribution in [2.75, 3.05) is 13.2 Å². The maximum atomic E-state index is 9.08. The second kappa shape index (κ2) is 6.46. The third kappa shape index (κ3) is 3.74. The predicted molar refractivity (Wildman–Crippen MR) is 63.6 cm³/mol. The van der Waals surface area contributed by atoms with Gasteiger partial charge in [0.2, 0.25) is 0 Å². The van der Waals surface area contributed by atoms with Gasteiger partial charge in [0.05, 0.1) is 0 Å². The number of rotatable bonds is 6. The minimum absolute atomic E-state index is 0.246. The van der Waals surface area contributed by atoms with Crippen LogP contribution in [0.3, 0.4) is 0 Å². The average molecular weight is 214 g/mol. The van der Waals surface area contributed by atoms with E-state index in [1.54, 1.807) is 0 Å². The maximum Gasteiger partial charge on any atom is 0.0471 e. The van der Waals surface area contributed by atoms with Gasteiger partial charge < -0.3 is 16.2 Å². The Labute approximate surface area is 93.4 Å². The van der Waals surface area contributed by atoms with Crippen LogP contribution in [0.1, 0.15) is 39.5 Å². The van der Waals surface area contributed by atoms with Gasteiger partial charge in [0.1, 0.15) is 0 Å². The third-order valence-corrected chi connectivity index (χ3v) is 3.84. The Morgan fingerprint density at radius 2 is 1.93 bits per heavy atom. The maximum absolute atomic E-state index is 9.08. The predicted octanol–water partition coefficient (Wildman–Crippen LogP) is 1.11. The van der Waals surface area contributed by atoms with E-state index in [2.05, 4.69) is 19.2 Å². The van der Waals surface area contributed by atoms with E-state index in [1.165, 1.54) is 25.7 Å². The lowest BCUT2D eigenvalue weighted by molar-refractivity contribution is 0.192. The Morgan fingerprint density at radius 1 is 1.33 bits per heavy atom. The number of aliphatic hydroxyl groups excluding tert-OH is 1. The molecule has 3 heteroatoms. The Kier molecular flexibility index (Phi) is 5.58. The highest BCUT2D eigenvalue weighted by atomic mass is 16.3. The Balaban J connectivity index is 2.38. The molecule has 0 aromatic carbocycles. The Bertz CT molecular complexity index is 169. The van der Waals surface area contributed by atoms with E-state index in [0.717, 1.165) is 5.92 Å². The molecule has 15 heavy (non-hydrogen) atoms. The second-order valence-corrected chi connectivity index (χ2v) is 5.00. The number of hydrogen-bond donors (Lipinski definition) is 3. The first-order valence-electron chi connectivity index (χ1n) is 6.26. The van der Waals surface area contributed by atoms with Crippen LogP contribution >= 0.6 is 0 Å². The fourth-order valence-electron chi connectivity index (χ4n) is 2.42. The van der Waals surface area contributed by atoms with Crippen molar-refractivity contribution in [3.8, 4) is 0 Å². The van der Waals surface area contributed by atoms with Crippen LogP contribution in [0.25, 0.3) is 0 Å². The Hall–Kier alpha value is -0.120. The second-order valence-electron chi connectivity index (χ2n) is 5.00. The molecule has 3 unspecified atom stereocenters. The molecule has 0 aromatic heterocycles. The van der Waals surface area contributed by atoms with Crippen molar-refractivity contribution < 1.29 is 5.11 Å². The van der Waals surface area contributed by atoms with Gasteiger partial charge in [0, 0.05) is 25.2 Å². The van der Waals surface area contributed by atoms with Crippen molar-refractivity contribution in [2.45, 2.75) is 51.6 Å². The van der Waals surface area contributed by atoms with E-state index < -0.39 is 0 Å². The summed E-state index contributed by atoms with van der Waals surface area (Å²) in [6, 6.07) is 0.792. The van der Waals surface area contributed by atoms with E-state index in [4.69, 9.17) is 10.8 Å². The normalized spacial score (nSPS) is 24.0. The molecule has 0 aliphatic heterocycles. The van der Waals surface area contributed by atoms with E-state index in [-0.39, 0.29) is 6.61 Å². The first-order valence-corrected chi connectivity index (χ1v) is 6.26. The third-order valence-electron chi connectivity index (χ3n) is 3.84. The van der Waals surface area contributed by atoms with Crippen molar-refractivity contribution in [3.63, 3.8) is 0 Å². The largest absolute Gasteiger partial charge is 0.396 e. The fraction of sp³-hybridized carbons (Fsp3) is 1.00. The highest BCUT2D eigenvalue weighted by Gasteiger charge is 2.25. The summed E-state index contributed by atoms with van der Waals surface area (Å²) >= 11 is 0. The van der Waals surface area contributed by atoms with Gasteiger partial charge in [0.15, 0.2) is 0 Å². The Morgan fingerprint density at radius 3 is 2.40 bits per heavy atom. The van der Waals surface area contributed by atoms with Crippen LogP contribution in [0, 0.1) is 11.8 Å². The van der Waals surface area contributed by atoms with Gasteiger partial charge >= 0.3 is 0 Å². The topological polar surface area (TPSA) is 58.3 Å². The molecule has 3 nitrogen and oxygen atoms in total. The molecular weight excluding hydrogens is 188 g/mol. The molecular formula is C12H26N2O. The summed E-state index contributed by atoms with van der Waals surface area (Å²) < 4.78 is 0. The summed E-state index contributed by atoms with van der Waals surface area (Å²) in [5.41, 5.74) is 5.82. The molecule has 0 saturated heterocycles. The summed E-state index contributed by atoms with van der Waals surface area (Å²) in [6.45, 7) is 5.17. The molecule has 90 valence electrons. The standard InChI is InChI=1S/C12H26N2O/c1-9(8-15)10(2)14-12(7-13)11-5-3-4-6-11/h9-12,14-15H,3-8,13H2,1-2H3. The van der Waals surface area contributed by atoms with Gasteiger partial charge in [0.25, 0.3) is 0 Å². The van der Waals surface area contributed by atoms with Crippen LogP contribution in [0.2, 0.25) is 0 Å². The zero-order chi connectivity index (χ0) is 11.3. The first kappa shape index (κ1) is 12.9. The molecule has 4 N–H and O–H groups in total. The quantitative estimate of drug-likeness (QED) is 0.621. The van der Waals surface area contributed by atoms with Crippen molar-refractivity contribution in [3.05, 3.63) is 0 Å². The molecule has 3 atom stereocenters. The lowest BCUT2D eigenvalue weighted by Crippen LogP contribution is -2.48. The molecule has 0 radical (unpaired) electrons. The van der Waals surface area contributed by atoms with Crippen LogP contribution in [-0.2, 0) is 0 Å². The van der Waals surface area contributed by atoms with Crippen molar-refractivity contribution >= 4 is 0 Å². The molecule has 0 heterocycles. The van der Waals surface area contributed by atoms with Gasteiger partial charge in [-0.15, -0.1) is 0 Å². The van der Waals surface area contributed by atoms with Crippen LogP contribution in [-0.4, -0.2) is 30.3 Å². The SMILES string of the molecule is CC(CO)C(C)NC(CN)C1CCCC1. The highest BCUT2D eigenvalue weighted by Crippen LogP contribution is 2.27. The molecule has 0 spiro atoms. The van der Waals surface area contributed by atoms with Crippen molar-refractivity contribution in [1.29, 1.82) is 0 Å². The van der Waals surface area contributed by atoms with E-state index in [1.807, 2.05) is 0 Å². The van der Waals surface area contributed by atoms with E-state index >= 15 is 0 Å². The van der Waals surface area contributed by atoms with E-state index in [9.17, 15) is 0 Å². The molecule has 0 bridgehead atoms. The lowest BCUT2D eigenvalue weighted by atomic mass is 9.95. The smallest absolute Gasteiger partial charge is 0.0471 e. The number of hydrogen-bond acceptors (Lipinski definition) is 3. The summed E-state index contributed by atoms with van der Waals surface area (Å²) in [6.07, 6.45) is 5.34. The molecule has 1 saturated carbocycles. The van der Waals surface area contributed by atoms with Crippen molar-refractivity contribution in [2.24, 2.45) is 17.6 Å². The molecule has 1 rings (SSSR count). The summed E-state index contributed by atoms with van der Waals surface area (Å²) in [4.78, 5) is 0. The van der Waals surface area contributed by atoms with Gasteiger partial charge in [-0.2, -0.15) is 0 Å². The zero-order valence-corrected chi connectivity index (χ0v) is 10.1. The number of nitrogens with two attached hydrogens (primary N) is 1. The first-order chi connectivity index (χ1) is 7.19. The molecule has 0 aromatic rings. The molecule has 1 aliphatic rings. The lowest BCUT2D eigenvalue weighted by Gasteiger charge is -2.29. The number of nitrogens with one attached hydrogen (secondary N) is 1. The summed E-state index contributed by atoms with van der Waals surface area (Å²) in [7, 11) is 0. The average Bonchev–Trinajstić information content (AvgIpc) is 2.77. The van der Waals surface area contributed by atoms with Crippen LogP contribution in [0.15, 0.2) is 0 Å². The monoisotopic (exact) mass is 214 g/mol. The summed E-state index contributed by atoms with van der Waals surface area (Å²) in [5, 5.41) is 12.7. The minimum atomic E-state index is 0.246. The molecule has 1 fully saturated rings. The van der Waals surface area contributed by atoms with Gasteiger partial charge in [-0.3, -0.25) is 0 Å². The van der Waals surface area contributed by atoms with Crippen LogP contribution in [0.5, 0.6) is 0 Å². The molecule has 0 amide bonds. The summed E-state index contributed by atoms with van der Waals surface area (Å²) in [5.74, 6) is 1.06. The zero-order valence-electron chi connectivity index (χ0n) is 10.1. The van der Waals surface area contributed by atoms with Gasteiger partial charge in [-0.1, -0.05) is 19.8 Å². The fourth-order valence-corrected chi connectivity index (χ4v) is 2.42.